The Morgan fingerprint density at radius 1 is 1.13 bits per heavy atom. The number of amides is 1. The highest BCUT2D eigenvalue weighted by Gasteiger charge is 2.49. The summed E-state index contributed by atoms with van der Waals surface area (Å²) in [4.78, 5) is 17.4. The average Bonchev–Trinajstić information content (AvgIpc) is 3.20. The molecule has 1 saturated carbocycles. The number of carbonyl (C=O) groups is 1. The van der Waals surface area contributed by atoms with Crippen LogP contribution < -0.4 is 0 Å². The second-order valence-electron chi connectivity index (χ2n) is 6.68. The lowest BCUT2D eigenvalue weighted by atomic mass is 10.0. The number of likely N-dealkylation sites (N-methyl/N-ethyl adjacent to an activating group) is 1. The Labute approximate surface area is 136 Å². The highest BCUT2D eigenvalue weighted by atomic mass is 16.3. The first-order valence-corrected chi connectivity index (χ1v) is 8.31. The van der Waals surface area contributed by atoms with E-state index in [1.807, 2.05) is 18.2 Å². The van der Waals surface area contributed by atoms with Gasteiger partial charge < -0.3 is 14.2 Å². The molecule has 2 aliphatic rings. The Morgan fingerprint density at radius 3 is 2.70 bits per heavy atom. The number of benzene rings is 1. The first-order chi connectivity index (χ1) is 11.2. The second-order valence-corrected chi connectivity index (χ2v) is 6.68. The van der Waals surface area contributed by atoms with Crippen molar-refractivity contribution in [3.8, 4) is 0 Å². The Kier molecular flexibility index (Phi) is 3.69. The van der Waals surface area contributed by atoms with Crippen LogP contribution in [0.15, 0.2) is 53.1 Å². The van der Waals surface area contributed by atoms with Crippen LogP contribution in [-0.4, -0.2) is 42.4 Å². The van der Waals surface area contributed by atoms with Gasteiger partial charge in [0, 0.05) is 31.5 Å². The fraction of sp³-hybridized carbons (Fsp3) is 0.421. The highest BCUT2D eigenvalue weighted by molar-refractivity contribution is 5.83. The molecule has 0 spiro atoms. The predicted molar refractivity (Wildman–Crippen MR) is 87.9 cm³/mol. The molecule has 0 radical (unpaired) electrons. The summed E-state index contributed by atoms with van der Waals surface area (Å²) < 4.78 is 5.47. The minimum absolute atomic E-state index is 0.0933. The van der Waals surface area contributed by atoms with Gasteiger partial charge in [-0.05, 0) is 31.2 Å². The van der Waals surface area contributed by atoms with Gasteiger partial charge in [0.1, 0.15) is 5.76 Å². The number of nitrogens with zero attached hydrogens (tertiary/aromatic N) is 2. The van der Waals surface area contributed by atoms with Crippen molar-refractivity contribution >= 4 is 5.91 Å². The third-order valence-corrected chi connectivity index (χ3v) is 5.07. The monoisotopic (exact) mass is 310 g/mol. The molecule has 4 rings (SSSR count). The molecule has 2 aromatic rings. The summed E-state index contributed by atoms with van der Waals surface area (Å²) in [7, 11) is 2.13. The van der Waals surface area contributed by atoms with Gasteiger partial charge in [-0.2, -0.15) is 0 Å². The van der Waals surface area contributed by atoms with Crippen LogP contribution in [0.5, 0.6) is 0 Å². The van der Waals surface area contributed by atoms with Crippen molar-refractivity contribution in [2.75, 3.05) is 26.7 Å². The minimum Gasteiger partial charge on any atom is -0.469 e. The number of rotatable bonds is 3. The standard InChI is InChI=1S/C19H22N2O2/c1-20-9-10-21(17(13-20)14-6-3-2-4-7-14)19(22)16-12-15(16)18-8-5-11-23-18/h2-8,11,15-17H,9-10,12-13H2,1H3. The quantitative estimate of drug-likeness (QED) is 0.874. The van der Waals surface area contributed by atoms with Gasteiger partial charge in [-0.3, -0.25) is 4.79 Å². The topological polar surface area (TPSA) is 36.7 Å². The lowest BCUT2D eigenvalue weighted by Gasteiger charge is -2.40. The fourth-order valence-electron chi connectivity index (χ4n) is 3.64. The van der Waals surface area contributed by atoms with Crippen molar-refractivity contribution in [2.45, 2.75) is 18.4 Å². The molecule has 4 nitrogen and oxygen atoms in total. The maximum absolute atomic E-state index is 13.0. The molecule has 3 atom stereocenters. The van der Waals surface area contributed by atoms with Crippen LogP contribution in [0.3, 0.4) is 0 Å². The van der Waals surface area contributed by atoms with E-state index in [2.05, 4.69) is 41.1 Å². The maximum Gasteiger partial charge on any atom is 0.227 e. The van der Waals surface area contributed by atoms with E-state index in [1.165, 1.54) is 5.56 Å². The van der Waals surface area contributed by atoms with Crippen LogP contribution in [0.25, 0.3) is 0 Å². The van der Waals surface area contributed by atoms with Crippen molar-refractivity contribution in [1.29, 1.82) is 0 Å². The lowest BCUT2D eigenvalue weighted by molar-refractivity contribution is -0.137. The number of hydrogen-bond donors (Lipinski definition) is 0. The van der Waals surface area contributed by atoms with Gasteiger partial charge in [0.2, 0.25) is 5.91 Å². The summed E-state index contributed by atoms with van der Waals surface area (Å²) in [6.07, 6.45) is 2.61. The molecule has 3 unspecified atom stereocenters. The summed E-state index contributed by atoms with van der Waals surface area (Å²) in [6.45, 7) is 2.64. The van der Waals surface area contributed by atoms with E-state index < -0.39 is 0 Å². The smallest absolute Gasteiger partial charge is 0.227 e. The normalized spacial score (nSPS) is 27.9. The molecule has 0 N–H and O–H groups in total. The first-order valence-electron chi connectivity index (χ1n) is 8.31. The molecule has 0 bridgehead atoms. The van der Waals surface area contributed by atoms with Gasteiger partial charge >= 0.3 is 0 Å². The number of piperazine rings is 1. The van der Waals surface area contributed by atoms with Gasteiger partial charge in [-0.25, -0.2) is 0 Å². The second kappa shape index (κ2) is 5.85. The van der Waals surface area contributed by atoms with Gasteiger partial charge in [0.05, 0.1) is 12.3 Å². The van der Waals surface area contributed by atoms with E-state index in [0.717, 1.165) is 31.8 Å². The third-order valence-electron chi connectivity index (χ3n) is 5.07. The molecule has 1 aromatic heterocycles. The van der Waals surface area contributed by atoms with Crippen LogP contribution >= 0.6 is 0 Å². The molecule has 1 amide bonds. The zero-order valence-electron chi connectivity index (χ0n) is 13.4. The molecule has 1 aliphatic carbocycles. The van der Waals surface area contributed by atoms with E-state index in [-0.39, 0.29) is 23.8 Å². The largest absolute Gasteiger partial charge is 0.469 e. The maximum atomic E-state index is 13.0. The number of furan rings is 1. The van der Waals surface area contributed by atoms with Gasteiger partial charge in [0.25, 0.3) is 0 Å². The van der Waals surface area contributed by atoms with E-state index in [9.17, 15) is 4.79 Å². The summed E-state index contributed by atoms with van der Waals surface area (Å²) in [5.41, 5.74) is 1.22. The van der Waals surface area contributed by atoms with E-state index in [0.29, 0.717) is 0 Å². The predicted octanol–water partition coefficient (Wildman–Crippen LogP) is 2.90. The van der Waals surface area contributed by atoms with E-state index >= 15 is 0 Å². The molecule has 4 heteroatoms. The van der Waals surface area contributed by atoms with Crippen LogP contribution in [-0.2, 0) is 4.79 Å². The fourth-order valence-corrected chi connectivity index (χ4v) is 3.64. The zero-order valence-corrected chi connectivity index (χ0v) is 13.4. The zero-order chi connectivity index (χ0) is 15.8. The SMILES string of the molecule is CN1CCN(C(=O)C2CC2c2ccco2)C(c2ccccc2)C1. The average molecular weight is 310 g/mol. The molecule has 2 fully saturated rings. The van der Waals surface area contributed by atoms with Crippen molar-refractivity contribution in [1.82, 2.24) is 9.80 Å². The molecule has 1 saturated heterocycles. The highest BCUT2D eigenvalue weighted by Crippen LogP contribution is 2.49. The van der Waals surface area contributed by atoms with E-state index in [1.54, 1.807) is 6.26 Å². The summed E-state index contributed by atoms with van der Waals surface area (Å²) in [5, 5.41) is 0. The lowest BCUT2D eigenvalue weighted by Crippen LogP contribution is -2.49. The molecular weight excluding hydrogens is 288 g/mol. The first kappa shape index (κ1) is 14.5. The van der Waals surface area contributed by atoms with Crippen LogP contribution in [0.4, 0.5) is 0 Å². The van der Waals surface area contributed by atoms with Crippen molar-refractivity contribution in [3.63, 3.8) is 0 Å². The van der Waals surface area contributed by atoms with Crippen molar-refractivity contribution in [2.24, 2.45) is 5.92 Å². The number of hydrogen-bond acceptors (Lipinski definition) is 3. The molecule has 120 valence electrons. The summed E-state index contributed by atoms with van der Waals surface area (Å²) >= 11 is 0. The third kappa shape index (κ3) is 2.79. The Bertz CT molecular complexity index is 668. The van der Waals surface area contributed by atoms with Gasteiger partial charge in [-0.1, -0.05) is 30.3 Å². The molecule has 1 aromatic carbocycles. The molecule has 23 heavy (non-hydrogen) atoms. The van der Waals surface area contributed by atoms with Crippen molar-refractivity contribution < 1.29 is 9.21 Å². The Morgan fingerprint density at radius 2 is 1.96 bits per heavy atom. The Hall–Kier alpha value is -2.07. The summed E-state index contributed by atoms with van der Waals surface area (Å²) in [6, 6.07) is 14.4. The van der Waals surface area contributed by atoms with Crippen molar-refractivity contribution in [3.05, 3.63) is 60.1 Å². The van der Waals surface area contributed by atoms with Crippen LogP contribution in [0.1, 0.15) is 29.7 Å². The Balaban J connectivity index is 1.53. The molecular formula is C19H22N2O2. The summed E-state index contributed by atoms with van der Waals surface area (Å²) in [5.74, 6) is 1.60. The number of carbonyl (C=O) groups excluding carboxylic acids is 1. The minimum atomic E-state index is 0.0933. The molecule has 2 heterocycles. The van der Waals surface area contributed by atoms with Gasteiger partial charge in [0.15, 0.2) is 0 Å². The molecule has 1 aliphatic heterocycles. The van der Waals surface area contributed by atoms with E-state index in [4.69, 9.17) is 4.42 Å². The van der Waals surface area contributed by atoms with Crippen LogP contribution in [0.2, 0.25) is 0 Å². The van der Waals surface area contributed by atoms with Crippen LogP contribution in [0, 0.1) is 5.92 Å². The van der Waals surface area contributed by atoms with Gasteiger partial charge in [-0.15, -0.1) is 0 Å².